The number of carbonyl (C=O) groups is 3. The van der Waals surface area contributed by atoms with E-state index in [1.807, 2.05) is 5.32 Å². The van der Waals surface area contributed by atoms with E-state index >= 15 is 0 Å². The fraction of sp³-hybridized carbons (Fsp3) is 0.286. The number of aliphatic carboxylic acids is 2. The van der Waals surface area contributed by atoms with Gasteiger partial charge in [0.25, 0.3) is 0 Å². The maximum Gasteiger partial charge on any atom is 0.352 e. The molecule has 0 aliphatic carbocycles. The topological polar surface area (TPSA) is 104 Å². The summed E-state index contributed by atoms with van der Waals surface area (Å²) < 4.78 is 0. The van der Waals surface area contributed by atoms with E-state index in [0.29, 0.717) is 6.08 Å². The number of hydrogen-bond donors (Lipinski definition) is 3. The summed E-state index contributed by atoms with van der Waals surface area (Å²) in [6.45, 7) is 1.52. The van der Waals surface area contributed by atoms with Crippen molar-refractivity contribution in [3.8, 4) is 0 Å². The molecule has 1 amide bonds. The van der Waals surface area contributed by atoms with Gasteiger partial charge in [-0.3, -0.25) is 4.79 Å². The van der Waals surface area contributed by atoms with E-state index in [-0.39, 0.29) is 6.42 Å². The number of carboxylic acids is 2. The van der Waals surface area contributed by atoms with Gasteiger partial charge in [-0.05, 0) is 0 Å². The van der Waals surface area contributed by atoms with E-state index in [9.17, 15) is 14.4 Å². The van der Waals surface area contributed by atoms with Crippen LogP contribution in [0.1, 0.15) is 13.3 Å². The van der Waals surface area contributed by atoms with E-state index < -0.39 is 23.5 Å². The predicted octanol–water partition coefficient (Wildman–Crippen LogP) is -0.434. The number of nitrogens with one attached hydrogen (secondary N) is 1. The number of carboxylic acid groups (broad SMARTS) is 2. The molecular weight excluding hydrogens is 178 g/mol. The van der Waals surface area contributed by atoms with Crippen molar-refractivity contribution >= 4 is 17.8 Å². The minimum absolute atomic E-state index is 0.0875. The summed E-state index contributed by atoms with van der Waals surface area (Å²) in [7, 11) is 0. The normalized spacial score (nSPS) is 10.7. The first-order chi connectivity index (χ1) is 5.97. The fourth-order valence-corrected chi connectivity index (χ4v) is 0.513. The van der Waals surface area contributed by atoms with Crippen molar-refractivity contribution in [2.75, 3.05) is 0 Å². The number of carbonyl (C=O) groups excluding carboxylic acids is 1. The van der Waals surface area contributed by atoms with Crippen LogP contribution in [0.4, 0.5) is 0 Å². The first kappa shape index (κ1) is 11.2. The van der Waals surface area contributed by atoms with Crippen molar-refractivity contribution in [1.29, 1.82) is 0 Å². The monoisotopic (exact) mass is 187 g/mol. The average molecular weight is 187 g/mol. The van der Waals surface area contributed by atoms with Gasteiger partial charge in [0.05, 0.1) is 6.08 Å². The highest BCUT2D eigenvalue weighted by Crippen LogP contribution is 1.90. The minimum Gasteiger partial charge on any atom is -0.478 e. The molecule has 0 aliphatic heterocycles. The third-order valence-electron chi connectivity index (χ3n) is 1.09. The highest BCUT2D eigenvalue weighted by Gasteiger charge is 2.11. The molecule has 0 aromatic carbocycles. The average Bonchev–Trinajstić information content (AvgIpc) is 2.02. The Hall–Kier alpha value is -1.85. The number of hydrogen-bond acceptors (Lipinski definition) is 3. The van der Waals surface area contributed by atoms with Crippen LogP contribution in [0.3, 0.4) is 0 Å². The maximum atomic E-state index is 10.7. The van der Waals surface area contributed by atoms with E-state index in [2.05, 4.69) is 0 Å². The van der Waals surface area contributed by atoms with Crippen LogP contribution in [0, 0.1) is 0 Å². The van der Waals surface area contributed by atoms with Crippen LogP contribution in [0.5, 0.6) is 0 Å². The second kappa shape index (κ2) is 4.91. The van der Waals surface area contributed by atoms with Gasteiger partial charge in [0.15, 0.2) is 0 Å². The van der Waals surface area contributed by atoms with Crippen LogP contribution in [0.25, 0.3) is 0 Å². The SMILES string of the molecule is CCC(=O)N/C(=C/C(=O)O)C(=O)O. The Bertz CT molecular complexity index is 268. The third kappa shape index (κ3) is 4.57. The Morgan fingerprint density at radius 2 is 1.85 bits per heavy atom. The van der Waals surface area contributed by atoms with Crippen molar-refractivity contribution < 1.29 is 24.6 Å². The Kier molecular flexibility index (Phi) is 4.21. The molecule has 0 rings (SSSR count). The highest BCUT2D eigenvalue weighted by atomic mass is 16.4. The van der Waals surface area contributed by atoms with Crippen LogP contribution < -0.4 is 5.32 Å². The molecule has 13 heavy (non-hydrogen) atoms. The molecule has 0 unspecified atom stereocenters. The lowest BCUT2D eigenvalue weighted by Gasteiger charge is -2.01. The predicted molar refractivity (Wildman–Crippen MR) is 41.8 cm³/mol. The molecule has 0 heterocycles. The smallest absolute Gasteiger partial charge is 0.352 e. The standard InChI is InChI=1S/C7H9NO5/c1-2-5(9)8-4(7(12)13)3-6(10)11/h3H,2H2,1H3,(H,8,9)(H,10,11)(H,12,13)/b4-3+. The van der Waals surface area contributed by atoms with Gasteiger partial charge in [0.1, 0.15) is 5.70 Å². The first-order valence-electron chi connectivity index (χ1n) is 3.45. The van der Waals surface area contributed by atoms with E-state index in [0.717, 1.165) is 0 Å². The van der Waals surface area contributed by atoms with E-state index in [4.69, 9.17) is 10.2 Å². The van der Waals surface area contributed by atoms with Gasteiger partial charge in [-0.15, -0.1) is 0 Å². The second-order valence-electron chi connectivity index (χ2n) is 2.10. The third-order valence-corrected chi connectivity index (χ3v) is 1.09. The molecule has 0 saturated heterocycles. The molecule has 0 spiro atoms. The van der Waals surface area contributed by atoms with Gasteiger partial charge < -0.3 is 15.5 Å². The van der Waals surface area contributed by atoms with Gasteiger partial charge in [0.2, 0.25) is 5.91 Å². The second-order valence-corrected chi connectivity index (χ2v) is 2.10. The van der Waals surface area contributed by atoms with Gasteiger partial charge in [0, 0.05) is 6.42 Å². The lowest BCUT2D eigenvalue weighted by atomic mass is 10.3. The van der Waals surface area contributed by atoms with Gasteiger partial charge in [-0.25, -0.2) is 9.59 Å². The summed E-state index contributed by atoms with van der Waals surface area (Å²) in [6, 6.07) is 0. The molecule has 0 aromatic rings. The van der Waals surface area contributed by atoms with Crippen molar-refractivity contribution in [2.24, 2.45) is 0 Å². The summed E-state index contributed by atoms with van der Waals surface area (Å²) >= 11 is 0. The zero-order valence-electron chi connectivity index (χ0n) is 6.90. The molecular formula is C7H9NO5. The molecule has 3 N–H and O–H groups in total. The largest absolute Gasteiger partial charge is 0.478 e. The summed E-state index contributed by atoms with van der Waals surface area (Å²) in [5.74, 6) is -3.45. The lowest BCUT2D eigenvalue weighted by molar-refractivity contribution is -0.136. The molecule has 6 heteroatoms. The number of amides is 1. The quantitative estimate of drug-likeness (QED) is 0.518. The Morgan fingerprint density at radius 3 is 2.15 bits per heavy atom. The molecule has 72 valence electrons. The zero-order chi connectivity index (χ0) is 10.4. The number of rotatable bonds is 4. The van der Waals surface area contributed by atoms with Crippen LogP contribution in [0.15, 0.2) is 11.8 Å². The van der Waals surface area contributed by atoms with Gasteiger partial charge >= 0.3 is 11.9 Å². The molecule has 6 nitrogen and oxygen atoms in total. The van der Waals surface area contributed by atoms with Crippen molar-refractivity contribution in [3.63, 3.8) is 0 Å². The van der Waals surface area contributed by atoms with Gasteiger partial charge in [-0.1, -0.05) is 6.92 Å². The Morgan fingerprint density at radius 1 is 1.31 bits per heavy atom. The molecule has 0 radical (unpaired) electrons. The van der Waals surface area contributed by atoms with Crippen LogP contribution in [-0.4, -0.2) is 28.1 Å². The summed E-state index contributed by atoms with van der Waals surface area (Å²) in [5, 5.41) is 18.6. The van der Waals surface area contributed by atoms with E-state index in [1.54, 1.807) is 0 Å². The minimum atomic E-state index is -1.48. The summed E-state index contributed by atoms with van der Waals surface area (Å²) in [5.41, 5.74) is -0.639. The molecule has 0 bridgehead atoms. The Balaban J connectivity index is 4.54. The van der Waals surface area contributed by atoms with Crippen molar-refractivity contribution in [2.45, 2.75) is 13.3 Å². The lowest BCUT2D eigenvalue weighted by Crippen LogP contribution is -2.27. The molecule has 0 aromatic heterocycles. The molecule has 0 atom stereocenters. The van der Waals surface area contributed by atoms with Gasteiger partial charge in [-0.2, -0.15) is 0 Å². The molecule has 0 aliphatic rings. The molecule has 0 saturated carbocycles. The zero-order valence-corrected chi connectivity index (χ0v) is 6.90. The van der Waals surface area contributed by atoms with Crippen LogP contribution >= 0.6 is 0 Å². The van der Waals surface area contributed by atoms with Crippen LogP contribution in [-0.2, 0) is 14.4 Å². The van der Waals surface area contributed by atoms with Crippen molar-refractivity contribution in [1.82, 2.24) is 5.32 Å². The maximum absolute atomic E-state index is 10.7. The molecule has 0 fully saturated rings. The first-order valence-corrected chi connectivity index (χ1v) is 3.45. The van der Waals surface area contributed by atoms with E-state index in [1.165, 1.54) is 6.92 Å². The highest BCUT2D eigenvalue weighted by molar-refractivity contribution is 5.97. The summed E-state index contributed by atoms with van der Waals surface area (Å²) in [4.78, 5) is 31.1. The Labute approximate surface area is 73.9 Å². The van der Waals surface area contributed by atoms with Crippen LogP contribution in [0.2, 0.25) is 0 Å². The summed E-state index contributed by atoms with van der Waals surface area (Å²) in [6.07, 6.45) is 0.514. The van der Waals surface area contributed by atoms with Crippen molar-refractivity contribution in [3.05, 3.63) is 11.8 Å². The fourth-order valence-electron chi connectivity index (χ4n) is 0.513.